The first kappa shape index (κ1) is 20.4. The molecule has 5 heteroatoms. The van der Waals surface area contributed by atoms with Gasteiger partial charge in [0.05, 0.1) is 13.2 Å². The molecule has 5 nitrogen and oxygen atoms in total. The van der Waals surface area contributed by atoms with Crippen molar-refractivity contribution in [3.8, 4) is 5.75 Å². The number of ether oxygens (including phenoxy) is 2. The standard InChI is InChI=1S/C22H24O5/c1-4-14-27-21(22(24)25)19-15(5-2)8-7-9-18(19)20(23)16-10-12-17(13-11-16)26-6-3/h4,7-13,21H,1,5-6,14H2,2-3H3,(H,24,25). The van der Waals surface area contributed by atoms with Gasteiger partial charge in [0.15, 0.2) is 11.9 Å². The molecule has 0 aliphatic rings. The Kier molecular flexibility index (Phi) is 7.32. The van der Waals surface area contributed by atoms with E-state index in [0.29, 0.717) is 35.5 Å². The second kappa shape index (κ2) is 9.69. The van der Waals surface area contributed by atoms with Crippen LogP contribution in [-0.2, 0) is 16.0 Å². The summed E-state index contributed by atoms with van der Waals surface area (Å²) < 4.78 is 10.9. The zero-order chi connectivity index (χ0) is 19.8. The van der Waals surface area contributed by atoms with Crippen molar-refractivity contribution in [3.63, 3.8) is 0 Å². The van der Waals surface area contributed by atoms with E-state index in [1.807, 2.05) is 19.9 Å². The van der Waals surface area contributed by atoms with Crippen LogP contribution in [0, 0.1) is 0 Å². The highest BCUT2D eigenvalue weighted by atomic mass is 16.5. The van der Waals surface area contributed by atoms with Crippen molar-refractivity contribution in [2.45, 2.75) is 26.4 Å². The molecule has 0 bridgehead atoms. The fourth-order valence-corrected chi connectivity index (χ4v) is 2.90. The van der Waals surface area contributed by atoms with Gasteiger partial charge < -0.3 is 14.6 Å². The molecule has 0 aromatic heterocycles. The summed E-state index contributed by atoms with van der Waals surface area (Å²) in [5.41, 5.74) is 1.95. The van der Waals surface area contributed by atoms with Gasteiger partial charge in [-0.2, -0.15) is 0 Å². The van der Waals surface area contributed by atoms with Gasteiger partial charge in [-0.05, 0) is 43.2 Å². The fourth-order valence-electron chi connectivity index (χ4n) is 2.90. The molecule has 0 fully saturated rings. The molecular formula is C22H24O5. The Morgan fingerprint density at radius 2 is 1.85 bits per heavy atom. The number of aryl methyl sites for hydroxylation is 1. The maximum Gasteiger partial charge on any atom is 0.337 e. The number of rotatable bonds is 10. The number of ketones is 1. The Morgan fingerprint density at radius 1 is 1.15 bits per heavy atom. The van der Waals surface area contributed by atoms with E-state index >= 15 is 0 Å². The van der Waals surface area contributed by atoms with Crippen LogP contribution < -0.4 is 4.74 Å². The lowest BCUT2D eigenvalue weighted by atomic mass is 9.90. The highest BCUT2D eigenvalue weighted by molar-refractivity contribution is 6.10. The van der Waals surface area contributed by atoms with Crippen molar-refractivity contribution >= 4 is 11.8 Å². The summed E-state index contributed by atoms with van der Waals surface area (Å²) in [6, 6.07) is 12.0. The summed E-state index contributed by atoms with van der Waals surface area (Å²) in [5, 5.41) is 9.66. The highest BCUT2D eigenvalue weighted by Crippen LogP contribution is 2.29. The SMILES string of the molecule is C=CCOC(C(=O)O)c1c(CC)cccc1C(=O)c1ccc(OCC)cc1. The molecule has 0 saturated carbocycles. The number of carboxylic acid groups (broad SMARTS) is 1. The quantitative estimate of drug-likeness (QED) is 0.502. The van der Waals surface area contributed by atoms with Crippen molar-refractivity contribution in [1.82, 2.24) is 0 Å². The summed E-state index contributed by atoms with van der Waals surface area (Å²) in [5.74, 6) is -0.718. The zero-order valence-corrected chi connectivity index (χ0v) is 15.6. The Balaban J connectivity index is 2.50. The fraction of sp³-hybridized carbons (Fsp3) is 0.273. The Bertz CT molecular complexity index is 808. The molecule has 0 saturated heterocycles. The van der Waals surface area contributed by atoms with Crippen molar-refractivity contribution in [1.29, 1.82) is 0 Å². The minimum absolute atomic E-state index is 0.0751. The molecule has 0 aliphatic heterocycles. The smallest absolute Gasteiger partial charge is 0.337 e. The van der Waals surface area contributed by atoms with Gasteiger partial charge in [0.2, 0.25) is 0 Å². The van der Waals surface area contributed by atoms with Crippen LogP contribution in [0.2, 0.25) is 0 Å². The summed E-state index contributed by atoms with van der Waals surface area (Å²) in [4.78, 5) is 24.9. The lowest BCUT2D eigenvalue weighted by Gasteiger charge is -2.20. The third kappa shape index (κ3) is 4.83. The molecule has 0 radical (unpaired) electrons. The van der Waals surface area contributed by atoms with E-state index in [1.54, 1.807) is 36.4 Å². The molecule has 0 heterocycles. The van der Waals surface area contributed by atoms with E-state index in [2.05, 4.69) is 6.58 Å². The van der Waals surface area contributed by atoms with Crippen molar-refractivity contribution in [2.75, 3.05) is 13.2 Å². The van der Waals surface area contributed by atoms with Crippen molar-refractivity contribution < 1.29 is 24.2 Å². The largest absolute Gasteiger partial charge is 0.494 e. The maximum absolute atomic E-state index is 13.1. The normalized spacial score (nSPS) is 11.6. The second-order valence-electron chi connectivity index (χ2n) is 5.86. The monoisotopic (exact) mass is 368 g/mol. The van der Waals surface area contributed by atoms with Crippen LogP contribution in [0.15, 0.2) is 55.1 Å². The van der Waals surface area contributed by atoms with Gasteiger partial charge in [0, 0.05) is 16.7 Å². The molecule has 1 unspecified atom stereocenters. The van der Waals surface area contributed by atoms with Crippen LogP contribution in [0.1, 0.15) is 47.0 Å². The van der Waals surface area contributed by atoms with Gasteiger partial charge in [-0.15, -0.1) is 6.58 Å². The number of aliphatic carboxylic acids is 1. The van der Waals surface area contributed by atoms with Crippen molar-refractivity contribution in [3.05, 3.63) is 77.4 Å². The maximum atomic E-state index is 13.1. The third-order valence-electron chi connectivity index (χ3n) is 4.12. The molecule has 142 valence electrons. The first-order valence-corrected chi connectivity index (χ1v) is 8.88. The van der Waals surface area contributed by atoms with Crippen LogP contribution in [-0.4, -0.2) is 30.1 Å². The Labute approximate surface area is 159 Å². The van der Waals surface area contributed by atoms with Gasteiger partial charge in [0.1, 0.15) is 5.75 Å². The molecule has 1 atom stereocenters. The molecule has 2 aromatic rings. The van der Waals surface area contributed by atoms with Gasteiger partial charge in [-0.25, -0.2) is 4.79 Å². The van der Waals surface area contributed by atoms with Crippen LogP contribution in [0.3, 0.4) is 0 Å². The minimum Gasteiger partial charge on any atom is -0.494 e. The van der Waals surface area contributed by atoms with Crippen molar-refractivity contribution in [2.24, 2.45) is 0 Å². The lowest BCUT2D eigenvalue weighted by Crippen LogP contribution is -2.21. The topological polar surface area (TPSA) is 72.8 Å². The molecule has 0 amide bonds. The van der Waals surface area contributed by atoms with Gasteiger partial charge in [-0.3, -0.25) is 4.79 Å². The van der Waals surface area contributed by atoms with E-state index < -0.39 is 12.1 Å². The zero-order valence-electron chi connectivity index (χ0n) is 15.6. The predicted molar refractivity (Wildman–Crippen MR) is 103 cm³/mol. The first-order chi connectivity index (χ1) is 13.0. The number of carbonyl (C=O) groups is 2. The van der Waals surface area contributed by atoms with Crippen LogP contribution in [0.5, 0.6) is 5.75 Å². The minimum atomic E-state index is -1.24. The number of carbonyl (C=O) groups excluding carboxylic acids is 1. The van der Waals surface area contributed by atoms with Crippen LogP contribution >= 0.6 is 0 Å². The van der Waals surface area contributed by atoms with Gasteiger partial charge in [0.25, 0.3) is 0 Å². The Hall–Kier alpha value is -2.92. The van der Waals surface area contributed by atoms with E-state index in [-0.39, 0.29) is 12.4 Å². The number of benzene rings is 2. The summed E-state index contributed by atoms with van der Waals surface area (Å²) in [6.07, 6.45) is 0.833. The highest BCUT2D eigenvalue weighted by Gasteiger charge is 2.28. The van der Waals surface area contributed by atoms with E-state index in [1.165, 1.54) is 6.08 Å². The van der Waals surface area contributed by atoms with Crippen LogP contribution in [0.25, 0.3) is 0 Å². The Morgan fingerprint density at radius 3 is 2.41 bits per heavy atom. The molecular weight excluding hydrogens is 344 g/mol. The van der Waals surface area contributed by atoms with E-state index in [9.17, 15) is 14.7 Å². The molecule has 1 N–H and O–H groups in total. The summed E-state index contributed by atoms with van der Waals surface area (Å²) in [6.45, 7) is 7.97. The molecule has 27 heavy (non-hydrogen) atoms. The summed E-state index contributed by atoms with van der Waals surface area (Å²) >= 11 is 0. The number of hydrogen-bond donors (Lipinski definition) is 1. The number of carboxylic acids is 1. The second-order valence-corrected chi connectivity index (χ2v) is 5.86. The third-order valence-corrected chi connectivity index (χ3v) is 4.12. The molecule has 2 rings (SSSR count). The summed E-state index contributed by atoms with van der Waals surface area (Å²) in [7, 11) is 0. The molecule has 2 aromatic carbocycles. The average molecular weight is 368 g/mol. The molecule has 0 aliphatic carbocycles. The predicted octanol–water partition coefficient (Wildman–Crippen LogP) is 4.21. The number of hydrogen-bond acceptors (Lipinski definition) is 4. The average Bonchev–Trinajstić information content (AvgIpc) is 2.68. The van der Waals surface area contributed by atoms with E-state index in [0.717, 1.165) is 5.56 Å². The first-order valence-electron chi connectivity index (χ1n) is 8.88. The van der Waals surface area contributed by atoms with Gasteiger partial charge >= 0.3 is 5.97 Å². The van der Waals surface area contributed by atoms with Crippen LogP contribution in [0.4, 0.5) is 0 Å². The van der Waals surface area contributed by atoms with E-state index in [4.69, 9.17) is 9.47 Å². The van der Waals surface area contributed by atoms with Gasteiger partial charge in [-0.1, -0.05) is 31.2 Å². The molecule has 0 spiro atoms. The lowest BCUT2D eigenvalue weighted by molar-refractivity contribution is -0.150.